The van der Waals surface area contributed by atoms with Crippen LogP contribution in [0.1, 0.15) is 46.4 Å². The number of hydrogen-bond donors (Lipinski definition) is 0. The van der Waals surface area contributed by atoms with Crippen molar-refractivity contribution in [3.8, 4) is 0 Å². The van der Waals surface area contributed by atoms with Gasteiger partial charge in [-0.15, -0.1) is 11.3 Å². The van der Waals surface area contributed by atoms with Crippen LogP contribution in [0.2, 0.25) is 0 Å². The Morgan fingerprint density at radius 2 is 2.15 bits per heavy atom. The summed E-state index contributed by atoms with van der Waals surface area (Å²) in [5.41, 5.74) is 2.18. The molecule has 0 radical (unpaired) electrons. The predicted molar refractivity (Wildman–Crippen MR) is 77.0 cm³/mol. The largest absolute Gasteiger partial charge is 0.462 e. The second-order valence-corrected chi connectivity index (χ2v) is 5.22. The molecule has 0 atom stereocenters. The maximum absolute atomic E-state index is 11.8. The van der Waals surface area contributed by atoms with Gasteiger partial charge in [0, 0.05) is 17.3 Å². The highest BCUT2D eigenvalue weighted by Crippen LogP contribution is 2.14. The van der Waals surface area contributed by atoms with Crippen molar-refractivity contribution in [2.24, 2.45) is 0 Å². The van der Waals surface area contributed by atoms with Crippen LogP contribution in [0.15, 0.2) is 11.6 Å². The van der Waals surface area contributed by atoms with E-state index in [1.165, 1.54) is 0 Å². The van der Waals surface area contributed by atoms with E-state index < -0.39 is 0 Å². The Morgan fingerprint density at radius 1 is 1.35 bits per heavy atom. The highest BCUT2D eigenvalue weighted by molar-refractivity contribution is 7.09. The third kappa shape index (κ3) is 3.39. The molecule has 0 aromatic carbocycles. The summed E-state index contributed by atoms with van der Waals surface area (Å²) in [5.74, 6) is 0.324. The van der Waals surface area contributed by atoms with E-state index in [4.69, 9.17) is 4.74 Å². The third-order valence-corrected chi connectivity index (χ3v) is 3.69. The average Bonchev–Trinajstić information content (AvgIpc) is 2.84. The number of rotatable bonds is 5. The first-order valence-electron chi connectivity index (χ1n) is 6.57. The van der Waals surface area contributed by atoms with E-state index >= 15 is 0 Å². The fourth-order valence-corrected chi connectivity index (χ4v) is 2.58. The molecule has 2 aromatic rings. The first kappa shape index (κ1) is 14.6. The van der Waals surface area contributed by atoms with Crippen LogP contribution in [0.25, 0.3) is 0 Å². The van der Waals surface area contributed by atoms with Crippen LogP contribution in [0.4, 0.5) is 0 Å². The second-order valence-electron chi connectivity index (χ2n) is 4.28. The SMILES string of the molecule is CCOC(=O)c1cnc(Cc2nc(C)cs2)nc1CC. The van der Waals surface area contributed by atoms with Crippen LogP contribution in [0.5, 0.6) is 0 Å². The zero-order valence-corrected chi connectivity index (χ0v) is 12.7. The van der Waals surface area contributed by atoms with E-state index in [1.807, 2.05) is 19.2 Å². The van der Waals surface area contributed by atoms with Gasteiger partial charge >= 0.3 is 5.97 Å². The van der Waals surface area contributed by atoms with Crippen molar-refractivity contribution in [3.05, 3.63) is 39.4 Å². The minimum Gasteiger partial charge on any atom is -0.462 e. The van der Waals surface area contributed by atoms with Gasteiger partial charge in [-0.2, -0.15) is 0 Å². The summed E-state index contributed by atoms with van der Waals surface area (Å²) in [7, 11) is 0. The molecule has 2 rings (SSSR count). The smallest absolute Gasteiger partial charge is 0.341 e. The Bertz CT molecular complexity index is 610. The van der Waals surface area contributed by atoms with Gasteiger partial charge in [0.2, 0.25) is 0 Å². The monoisotopic (exact) mass is 291 g/mol. The van der Waals surface area contributed by atoms with Crippen LogP contribution in [-0.4, -0.2) is 27.5 Å². The minimum atomic E-state index is -0.360. The van der Waals surface area contributed by atoms with Gasteiger partial charge in [0.15, 0.2) is 0 Å². The van der Waals surface area contributed by atoms with Gasteiger partial charge < -0.3 is 4.74 Å². The molecular weight excluding hydrogens is 274 g/mol. The Morgan fingerprint density at radius 3 is 2.75 bits per heavy atom. The second kappa shape index (κ2) is 6.56. The first-order chi connectivity index (χ1) is 9.63. The first-order valence-corrected chi connectivity index (χ1v) is 7.44. The van der Waals surface area contributed by atoms with E-state index in [1.54, 1.807) is 24.5 Å². The molecule has 0 N–H and O–H groups in total. The molecule has 5 nitrogen and oxygen atoms in total. The van der Waals surface area contributed by atoms with E-state index in [0.29, 0.717) is 30.8 Å². The van der Waals surface area contributed by atoms with E-state index in [-0.39, 0.29) is 5.97 Å². The van der Waals surface area contributed by atoms with Crippen molar-refractivity contribution < 1.29 is 9.53 Å². The Balaban J connectivity index is 2.22. The van der Waals surface area contributed by atoms with Crippen molar-refractivity contribution in [2.75, 3.05) is 6.61 Å². The standard InChI is InChI=1S/C14H17N3O2S/c1-4-11-10(14(18)19-5-2)7-15-12(17-11)6-13-16-9(3)8-20-13/h7-8H,4-6H2,1-3H3. The molecule has 2 heterocycles. The molecule has 0 aliphatic rings. The van der Waals surface area contributed by atoms with Crippen molar-refractivity contribution in [2.45, 2.75) is 33.6 Å². The van der Waals surface area contributed by atoms with E-state index in [0.717, 1.165) is 16.4 Å². The lowest BCUT2D eigenvalue weighted by Gasteiger charge is -2.07. The van der Waals surface area contributed by atoms with Crippen molar-refractivity contribution >= 4 is 17.3 Å². The molecule has 6 heteroatoms. The highest BCUT2D eigenvalue weighted by Gasteiger charge is 2.15. The van der Waals surface area contributed by atoms with E-state index in [9.17, 15) is 4.79 Å². The molecule has 0 saturated heterocycles. The lowest BCUT2D eigenvalue weighted by Crippen LogP contribution is -2.12. The average molecular weight is 291 g/mol. The molecule has 0 bridgehead atoms. The Labute approximate surface area is 122 Å². The van der Waals surface area contributed by atoms with Crippen molar-refractivity contribution in [1.82, 2.24) is 15.0 Å². The molecule has 0 saturated carbocycles. The molecule has 0 spiro atoms. The van der Waals surface area contributed by atoms with Gasteiger partial charge in [-0.3, -0.25) is 0 Å². The van der Waals surface area contributed by atoms with Gasteiger partial charge in [-0.25, -0.2) is 19.7 Å². The summed E-state index contributed by atoms with van der Waals surface area (Å²) in [5, 5.41) is 2.98. The summed E-state index contributed by atoms with van der Waals surface area (Å²) in [6.45, 7) is 6.05. The zero-order chi connectivity index (χ0) is 14.5. The number of esters is 1. The highest BCUT2D eigenvalue weighted by atomic mass is 32.1. The quantitative estimate of drug-likeness (QED) is 0.792. The lowest BCUT2D eigenvalue weighted by atomic mass is 10.2. The third-order valence-electron chi connectivity index (χ3n) is 2.72. The van der Waals surface area contributed by atoms with Gasteiger partial charge in [-0.1, -0.05) is 6.92 Å². The van der Waals surface area contributed by atoms with Gasteiger partial charge in [0.1, 0.15) is 10.8 Å². The van der Waals surface area contributed by atoms with Crippen LogP contribution in [0.3, 0.4) is 0 Å². The topological polar surface area (TPSA) is 65.0 Å². The van der Waals surface area contributed by atoms with Crippen molar-refractivity contribution in [1.29, 1.82) is 0 Å². The van der Waals surface area contributed by atoms with Gasteiger partial charge in [-0.05, 0) is 20.3 Å². The fraction of sp³-hybridized carbons (Fsp3) is 0.429. The maximum Gasteiger partial charge on any atom is 0.341 e. The van der Waals surface area contributed by atoms with Crippen LogP contribution >= 0.6 is 11.3 Å². The molecule has 0 fully saturated rings. The van der Waals surface area contributed by atoms with Crippen LogP contribution in [0, 0.1) is 6.92 Å². The molecule has 0 aliphatic carbocycles. The van der Waals surface area contributed by atoms with Crippen LogP contribution < -0.4 is 0 Å². The fourth-order valence-electron chi connectivity index (χ4n) is 1.81. The summed E-state index contributed by atoms with van der Waals surface area (Å²) < 4.78 is 5.00. The lowest BCUT2D eigenvalue weighted by molar-refractivity contribution is 0.0524. The van der Waals surface area contributed by atoms with Crippen LogP contribution in [-0.2, 0) is 17.6 Å². The molecular formula is C14H17N3O2S. The Hall–Kier alpha value is -1.82. The number of thiazole rings is 1. The zero-order valence-electron chi connectivity index (χ0n) is 11.8. The molecule has 0 aliphatic heterocycles. The number of aryl methyl sites for hydroxylation is 2. The van der Waals surface area contributed by atoms with Gasteiger partial charge in [0.25, 0.3) is 0 Å². The molecule has 0 unspecified atom stereocenters. The number of ether oxygens (including phenoxy) is 1. The molecule has 20 heavy (non-hydrogen) atoms. The van der Waals surface area contributed by atoms with E-state index in [2.05, 4.69) is 15.0 Å². The molecule has 2 aromatic heterocycles. The summed E-state index contributed by atoms with van der Waals surface area (Å²) in [6, 6.07) is 0. The Kier molecular flexibility index (Phi) is 4.79. The minimum absolute atomic E-state index is 0.349. The summed E-state index contributed by atoms with van der Waals surface area (Å²) in [6.07, 6.45) is 2.81. The number of carbonyl (C=O) groups is 1. The summed E-state index contributed by atoms with van der Waals surface area (Å²) >= 11 is 1.59. The number of nitrogens with zero attached hydrogens (tertiary/aromatic N) is 3. The maximum atomic E-state index is 11.8. The number of aromatic nitrogens is 3. The van der Waals surface area contributed by atoms with Crippen molar-refractivity contribution in [3.63, 3.8) is 0 Å². The molecule has 106 valence electrons. The number of carbonyl (C=O) groups excluding carboxylic acids is 1. The molecule has 0 amide bonds. The van der Waals surface area contributed by atoms with Gasteiger partial charge in [0.05, 0.1) is 24.3 Å². The predicted octanol–water partition coefficient (Wildman–Crippen LogP) is 2.57. The normalized spacial score (nSPS) is 10.6. The number of hydrogen-bond acceptors (Lipinski definition) is 6. The summed E-state index contributed by atoms with van der Waals surface area (Å²) in [4.78, 5) is 24.9.